The summed E-state index contributed by atoms with van der Waals surface area (Å²) in [6.07, 6.45) is 0.758. The minimum Gasteiger partial charge on any atom is -0.425 e. The Bertz CT molecular complexity index is 1500. The molecule has 9 heteroatoms. The molecule has 5 rings (SSSR count). The standard InChI is InChI=1S/C25H22N4O3S2/c30-34(31,17-18-7-3-1-4-8-18)26-14-13-23-28-29-24(32-23)16-25-27-21-12-11-20(15-22(21)33-25)19-9-5-2-6-10-19/h1-12,15,26H,13-14,16-17H2. The topological polar surface area (TPSA) is 98.0 Å². The summed E-state index contributed by atoms with van der Waals surface area (Å²) in [6.45, 7) is 0.195. The van der Waals surface area contributed by atoms with Crippen LogP contribution in [0, 0.1) is 0 Å². The number of rotatable bonds is 9. The van der Waals surface area contributed by atoms with Crippen molar-refractivity contribution in [3.8, 4) is 11.1 Å². The molecule has 0 spiro atoms. The van der Waals surface area contributed by atoms with E-state index in [1.807, 2.05) is 42.5 Å². The van der Waals surface area contributed by atoms with Gasteiger partial charge in [0, 0.05) is 13.0 Å². The van der Waals surface area contributed by atoms with E-state index in [0.717, 1.165) is 26.4 Å². The summed E-state index contributed by atoms with van der Waals surface area (Å²) in [5.74, 6) is 0.793. The third-order valence-corrected chi connectivity index (χ3v) is 7.59. The molecule has 2 heterocycles. The van der Waals surface area contributed by atoms with Crippen molar-refractivity contribution in [3.05, 3.63) is 101 Å². The van der Waals surface area contributed by atoms with Crippen molar-refractivity contribution in [2.75, 3.05) is 6.54 Å². The molecule has 0 saturated carbocycles. The molecular formula is C25H22N4O3S2. The molecule has 34 heavy (non-hydrogen) atoms. The summed E-state index contributed by atoms with van der Waals surface area (Å²) >= 11 is 1.60. The first-order valence-electron chi connectivity index (χ1n) is 10.8. The fourth-order valence-electron chi connectivity index (χ4n) is 3.61. The van der Waals surface area contributed by atoms with Gasteiger partial charge in [-0.25, -0.2) is 18.1 Å². The highest BCUT2D eigenvalue weighted by Gasteiger charge is 2.14. The van der Waals surface area contributed by atoms with Gasteiger partial charge in [0.25, 0.3) is 0 Å². The lowest BCUT2D eigenvalue weighted by atomic mass is 10.1. The van der Waals surface area contributed by atoms with Crippen molar-refractivity contribution in [1.82, 2.24) is 19.9 Å². The van der Waals surface area contributed by atoms with Gasteiger partial charge in [0.15, 0.2) is 0 Å². The van der Waals surface area contributed by atoms with Gasteiger partial charge in [-0.05, 0) is 28.8 Å². The molecule has 0 saturated heterocycles. The quantitative estimate of drug-likeness (QED) is 0.324. The second-order valence-corrected chi connectivity index (χ2v) is 10.7. The molecule has 0 aliphatic carbocycles. The minimum atomic E-state index is -3.43. The first-order valence-corrected chi connectivity index (χ1v) is 13.3. The van der Waals surface area contributed by atoms with Crippen LogP contribution >= 0.6 is 11.3 Å². The Hall–Kier alpha value is -3.40. The van der Waals surface area contributed by atoms with Gasteiger partial charge in [0.1, 0.15) is 5.01 Å². The van der Waals surface area contributed by atoms with E-state index >= 15 is 0 Å². The maximum atomic E-state index is 12.3. The zero-order valence-electron chi connectivity index (χ0n) is 18.2. The first kappa shape index (κ1) is 22.4. The molecule has 1 N–H and O–H groups in total. The van der Waals surface area contributed by atoms with Gasteiger partial charge in [-0.2, -0.15) is 0 Å². The highest BCUT2D eigenvalue weighted by molar-refractivity contribution is 7.88. The van der Waals surface area contributed by atoms with E-state index in [-0.39, 0.29) is 12.3 Å². The lowest BCUT2D eigenvalue weighted by molar-refractivity contribution is 0.456. The summed E-state index contributed by atoms with van der Waals surface area (Å²) in [7, 11) is -3.43. The zero-order valence-corrected chi connectivity index (χ0v) is 19.8. The monoisotopic (exact) mass is 490 g/mol. The van der Waals surface area contributed by atoms with Crippen LogP contribution in [-0.2, 0) is 28.6 Å². The summed E-state index contributed by atoms with van der Waals surface area (Å²) in [6, 6.07) is 25.5. The lowest BCUT2D eigenvalue weighted by Crippen LogP contribution is -2.27. The van der Waals surface area contributed by atoms with E-state index in [9.17, 15) is 8.42 Å². The van der Waals surface area contributed by atoms with Crippen molar-refractivity contribution >= 4 is 31.6 Å². The van der Waals surface area contributed by atoms with Gasteiger partial charge in [0.2, 0.25) is 21.8 Å². The van der Waals surface area contributed by atoms with Gasteiger partial charge < -0.3 is 4.42 Å². The molecule has 0 amide bonds. The number of aromatic nitrogens is 3. The van der Waals surface area contributed by atoms with Crippen LogP contribution in [0.2, 0.25) is 0 Å². The Labute approximate surface area is 201 Å². The van der Waals surface area contributed by atoms with E-state index in [1.54, 1.807) is 23.5 Å². The number of thiazole rings is 1. The van der Waals surface area contributed by atoms with Crippen LogP contribution in [0.1, 0.15) is 22.4 Å². The highest BCUT2D eigenvalue weighted by Crippen LogP contribution is 2.29. The summed E-state index contributed by atoms with van der Waals surface area (Å²) in [5, 5.41) is 9.04. The van der Waals surface area contributed by atoms with Crippen molar-refractivity contribution < 1.29 is 12.8 Å². The maximum absolute atomic E-state index is 12.3. The Morgan fingerprint density at radius 2 is 1.59 bits per heavy atom. The van der Waals surface area contributed by atoms with Gasteiger partial charge in [-0.3, -0.25) is 0 Å². The van der Waals surface area contributed by atoms with E-state index in [0.29, 0.717) is 24.6 Å². The molecule has 0 radical (unpaired) electrons. The van der Waals surface area contributed by atoms with Gasteiger partial charge in [0.05, 0.1) is 22.4 Å². The molecule has 7 nitrogen and oxygen atoms in total. The zero-order chi connectivity index (χ0) is 23.4. The van der Waals surface area contributed by atoms with Crippen LogP contribution in [0.25, 0.3) is 21.3 Å². The van der Waals surface area contributed by atoms with Crippen molar-refractivity contribution in [1.29, 1.82) is 0 Å². The number of hydrogen-bond donors (Lipinski definition) is 1. The third-order valence-electron chi connectivity index (χ3n) is 5.21. The maximum Gasteiger partial charge on any atom is 0.223 e. The van der Waals surface area contributed by atoms with Crippen LogP contribution < -0.4 is 4.72 Å². The lowest BCUT2D eigenvalue weighted by Gasteiger charge is -2.05. The third kappa shape index (κ3) is 5.56. The van der Waals surface area contributed by atoms with Crippen molar-refractivity contribution in [3.63, 3.8) is 0 Å². The molecule has 0 fully saturated rings. The molecule has 3 aromatic carbocycles. The Morgan fingerprint density at radius 1 is 0.853 bits per heavy atom. The number of hydrogen-bond acceptors (Lipinski definition) is 7. The number of nitrogens with zero attached hydrogens (tertiary/aromatic N) is 3. The summed E-state index contributed by atoms with van der Waals surface area (Å²) in [4.78, 5) is 4.69. The fraction of sp³-hybridized carbons (Fsp3) is 0.160. The second kappa shape index (κ2) is 9.84. The predicted octanol–water partition coefficient (Wildman–Crippen LogP) is 4.60. The van der Waals surface area contributed by atoms with E-state index in [1.165, 1.54) is 5.56 Å². The molecule has 2 aromatic heterocycles. The molecule has 0 aliphatic heterocycles. The number of benzene rings is 3. The van der Waals surface area contributed by atoms with Gasteiger partial charge in [-0.15, -0.1) is 21.5 Å². The summed E-state index contributed by atoms with van der Waals surface area (Å²) in [5.41, 5.74) is 3.99. The molecular weight excluding hydrogens is 468 g/mol. The van der Waals surface area contributed by atoms with Gasteiger partial charge >= 0.3 is 0 Å². The van der Waals surface area contributed by atoms with Crippen LogP contribution in [-0.4, -0.2) is 30.1 Å². The molecule has 172 valence electrons. The fourth-order valence-corrected chi connectivity index (χ4v) is 5.75. The normalized spacial score (nSPS) is 11.8. The Morgan fingerprint density at radius 3 is 2.38 bits per heavy atom. The molecule has 0 unspecified atom stereocenters. The molecule has 0 aliphatic rings. The molecule has 0 bridgehead atoms. The number of nitrogens with one attached hydrogen (secondary N) is 1. The average molecular weight is 491 g/mol. The number of sulfonamides is 1. The largest absolute Gasteiger partial charge is 0.425 e. The number of fused-ring (bicyclic) bond motifs is 1. The van der Waals surface area contributed by atoms with Crippen molar-refractivity contribution in [2.45, 2.75) is 18.6 Å². The summed E-state index contributed by atoms with van der Waals surface area (Å²) < 4.78 is 33.9. The minimum absolute atomic E-state index is 0.0630. The first-order chi connectivity index (χ1) is 16.5. The van der Waals surface area contributed by atoms with E-state index < -0.39 is 10.0 Å². The van der Waals surface area contributed by atoms with Crippen LogP contribution in [0.5, 0.6) is 0 Å². The van der Waals surface area contributed by atoms with Crippen LogP contribution in [0.3, 0.4) is 0 Å². The Balaban J connectivity index is 1.19. The van der Waals surface area contributed by atoms with Crippen LogP contribution in [0.4, 0.5) is 0 Å². The SMILES string of the molecule is O=S(=O)(Cc1ccccc1)NCCc1nnc(Cc2nc3ccc(-c4ccccc4)cc3s2)o1. The smallest absolute Gasteiger partial charge is 0.223 e. The van der Waals surface area contributed by atoms with E-state index in [2.05, 4.69) is 44.2 Å². The molecule has 5 aromatic rings. The highest BCUT2D eigenvalue weighted by atomic mass is 32.2. The Kier molecular flexibility index (Phi) is 6.48. The second-order valence-electron chi connectivity index (χ2n) is 7.81. The predicted molar refractivity (Wildman–Crippen MR) is 133 cm³/mol. The van der Waals surface area contributed by atoms with Crippen LogP contribution in [0.15, 0.2) is 83.3 Å². The van der Waals surface area contributed by atoms with Gasteiger partial charge in [-0.1, -0.05) is 66.7 Å². The van der Waals surface area contributed by atoms with E-state index in [4.69, 9.17) is 4.42 Å². The average Bonchev–Trinajstić information content (AvgIpc) is 3.45. The molecule has 0 atom stereocenters. The van der Waals surface area contributed by atoms with Crippen molar-refractivity contribution in [2.24, 2.45) is 0 Å².